The molecule has 0 saturated heterocycles. The summed E-state index contributed by atoms with van der Waals surface area (Å²) in [5.74, 6) is 3.44. The minimum Gasteiger partial charge on any atom is -0.497 e. The second-order valence-corrected chi connectivity index (χ2v) is 7.55. The summed E-state index contributed by atoms with van der Waals surface area (Å²) in [4.78, 5) is 2.19. The lowest BCUT2D eigenvalue weighted by atomic mass is 10.0. The first-order valence-corrected chi connectivity index (χ1v) is 10.1. The van der Waals surface area contributed by atoms with E-state index in [0.717, 1.165) is 66.6 Å². The summed E-state index contributed by atoms with van der Waals surface area (Å²) in [6, 6.07) is 13.5. The molecule has 0 bridgehead atoms. The number of anilines is 1. The molecule has 6 heteroatoms. The Balaban J connectivity index is 1.82. The molecule has 2 aromatic rings. The Labute approximate surface area is 171 Å². The van der Waals surface area contributed by atoms with E-state index in [2.05, 4.69) is 9.48 Å². The molecular weight excluding hydrogens is 368 g/mol. The Morgan fingerprint density at radius 3 is 2.31 bits per heavy atom. The Hall–Kier alpha value is -2.73. The Morgan fingerprint density at radius 1 is 0.897 bits per heavy atom. The van der Waals surface area contributed by atoms with Gasteiger partial charge in [0.25, 0.3) is 11.6 Å². The van der Waals surface area contributed by atoms with Crippen LogP contribution in [0.3, 0.4) is 0 Å². The number of hydrogen-bond acceptors (Lipinski definition) is 5. The summed E-state index contributed by atoms with van der Waals surface area (Å²) in [5, 5.41) is 11.9. The monoisotopic (exact) mass is 397 g/mol. The van der Waals surface area contributed by atoms with Crippen molar-refractivity contribution in [3.63, 3.8) is 0 Å². The number of hydrogen-bond donors (Lipinski definition) is 1. The zero-order chi connectivity index (χ0) is 20.4. The van der Waals surface area contributed by atoms with Crippen LogP contribution in [0.4, 0.5) is 5.69 Å². The molecule has 1 N–H and O–H groups in total. The van der Waals surface area contributed by atoms with E-state index in [9.17, 15) is 5.11 Å². The van der Waals surface area contributed by atoms with Crippen LogP contribution in [0, 0.1) is 0 Å². The fourth-order valence-corrected chi connectivity index (χ4v) is 4.41. The summed E-state index contributed by atoms with van der Waals surface area (Å²) in [7, 11) is 4.98. The van der Waals surface area contributed by atoms with E-state index >= 15 is 0 Å². The summed E-state index contributed by atoms with van der Waals surface area (Å²) < 4.78 is 18.6. The largest absolute Gasteiger partial charge is 0.497 e. The fourth-order valence-electron chi connectivity index (χ4n) is 4.41. The lowest BCUT2D eigenvalue weighted by Gasteiger charge is -2.24. The van der Waals surface area contributed by atoms with Crippen LogP contribution in [0.1, 0.15) is 31.2 Å². The highest BCUT2D eigenvalue weighted by molar-refractivity contribution is 5.97. The molecule has 0 spiro atoms. The molecule has 2 aliphatic heterocycles. The second kappa shape index (κ2) is 7.95. The van der Waals surface area contributed by atoms with Gasteiger partial charge in [-0.25, -0.2) is 9.48 Å². The molecule has 2 aromatic carbocycles. The molecule has 2 aliphatic rings. The lowest BCUT2D eigenvalue weighted by molar-refractivity contribution is -0.658. The topological polar surface area (TPSA) is 54.2 Å². The van der Waals surface area contributed by atoms with E-state index in [1.807, 2.05) is 42.5 Å². The summed E-state index contributed by atoms with van der Waals surface area (Å²) in [5.41, 5.74) is 0.667. The number of benzene rings is 2. The van der Waals surface area contributed by atoms with E-state index < -0.39 is 5.72 Å². The van der Waals surface area contributed by atoms with Gasteiger partial charge in [0.05, 0.1) is 27.9 Å². The van der Waals surface area contributed by atoms with Gasteiger partial charge in [0.15, 0.2) is 18.0 Å². The first kappa shape index (κ1) is 19.6. The van der Waals surface area contributed by atoms with E-state index in [0.29, 0.717) is 6.54 Å². The first-order chi connectivity index (χ1) is 14.1. The van der Waals surface area contributed by atoms with Crippen LogP contribution in [-0.2, 0) is 5.72 Å². The molecule has 1 unspecified atom stereocenters. The Morgan fingerprint density at radius 2 is 1.62 bits per heavy atom. The Bertz CT molecular complexity index is 910. The van der Waals surface area contributed by atoms with Gasteiger partial charge in [0.1, 0.15) is 11.5 Å². The summed E-state index contributed by atoms with van der Waals surface area (Å²) in [6.45, 7) is 1.25. The van der Waals surface area contributed by atoms with Gasteiger partial charge in [-0.1, -0.05) is 0 Å². The van der Waals surface area contributed by atoms with Crippen LogP contribution in [-0.4, -0.2) is 49.9 Å². The second-order valence-electron chi connectivity index (χ2n) is 7.55. The zero-order valence-electron chi connectivity index (χ0n) is 17.4. The van der Waals surface area contributed by atoms with Crippen LogP contribution in [0.5, 0.6) is 17.2 Å². The predicted octanol–water partition coefficient (Wildman–Crippen LogP) is 3.36. The third kappa shape index (κ3) is 3.42. The van der Waals surface area contributed by atoms with Crippen molar-refractivity contribution in [3.05, 3.63) is 48.0 Å². The van der Waals surface area contributed by atoms with Crippen molar-refractivity contribution in [2.24, 2.45) is 0 Å². The van der Waals surface area contributed by atoms with Crippen LogP contribution in [0.25, 0.3) is 0 Å². The molecule has 0 saturated carbocycles. The third-order valence-corrected chi connectivity index (χ3v) is 5.96. The molecule has 6 nitrogen and oxygen atoms in total. The predicted molar refractivity (Wildman–Crippen MR) is 112 cm³/mol. The number of rotatable bonds is 5. The number of amidine groups is 1. The minimum absolute atomic E-state index is 0.429. The average molecular weight is 397 g/mol. The quantitative estimate of drug-likeness (QED) is 0.784. The van der Waals surface area contributed by atoms with Crippen LogP contribution in [0.15, 0.2) is 42.5 Å². The van der Waals surface area contributed by atoms with E-state index in [1.54, 1.807) is 21.3 Å². The standard InChI is InChI=1S/C23H29N2O4/c1-27-18-10-8-17(9-11-18)23(26)16-24(22-7-5-4-6-14-25(22)23)20-15-19(28-2)12-13-21(20)29-3/h8-13,15,26H,4-7,14,16H2,1-3H3/q+1. The number of methoxy groups -OCH3 is 3. The van der Waals surface area contributed by atoms with Gasteiger partial charge in [0.2, 0.25) is 0 Å². The lowest BCUT2D eigenvalue weighted by Crippen LogP contribution is -2.41. The van der Waals surface area contributed by atoms with Crippen molar-refractivity contribution in [1.29, 1.82) is 0 Å². The van der Waals surface area contributed by atoms with Crippen molar-refractivity contribution in [2.45, 2.75) is 31.4 Å². The van der Waals surface area contributed by atoms with Crippen LogP contribution < -0.4 is 19.1 Å². The highest BCUT2D eigenvalue weighted by Gasteiger charge is 2.52. The van der Waals surface area contributed by atoms with Crippen LogP contribution >= 0.6 is 0 Å². The Kier molecular flexibility index (Phi) is 5.37. The van der Waals surface area contributed by atoms with Crippen molar-refractivity contribution in [1.82, 2.24) is 0 Å². The highest BCUT2D eigenvalue weighted by atomic mass is 16.5. The maximum atomic E-state index is 11.9. The number of aliphatic hydroxyl groups is 1. The van der Waals surface area contributed by atoms with Crippen LogP contribution in [0.2, 0.25) is 0 Å². The van der Waals surface area contributed by atoms with Crippen molar-refractivity contribution >= 4 is 11.5 Å². The first-order valence-electron chi connectivity index (χ1n) is 10.1. The highest BCUT2D eigenvalue weighted by Crippen LogP contribution is 2.40. The van der Waals surface area contributed by atoms with Gasteiger partial charge >= 0.3 is 0 Å². The smallest absolute Gasteiger partial charge is 0.271 e. The zero-order valence-corrected chi connectivity index (χ0v) is 17.4. The van der Waals surface area contributed by atoms with Crippen molar-refractivity contribution < 1.29 is 23.9 Å². The minimum atomic E-state index is -1.11. The molecule has 154 valence electrons. The molecular formula is C23H29N2O4+. The normalized spacial score (nSPS) is 21.6. The summed E-state index contributed by atoms with van der Waals surface area (Å²) >= 11 is 0. The summed E-state index contributed by atoms with van der Waals surface area (Å²) in [6.07, 6.45) is 4.24. The maximum absolute atomic E-state index is 11.9. The third-order valence-electron chi connectivity index (χ3n) is 5.96. The van der Waals surface area contributed by atoms with E-state index in [-0.39, 0.29) is 0 Å². The number of ether oxygens (including phenoxy) is 3. The molecule has 2 heterocycles. The van der Waals surface area contributed by atoms with Crippen molar-refractivity contribution in [2.75, 3.05) is 39.3 Å². The van der Waals surface area contributed by atoms with E-state index in [4.69, 9.17) is 14.2 Å². The molecule has 0 radical (unpaired) electrons. The molecule has 29 heavy (non-hydrogen) atoms. The van der Waals surface area contributed by atoms with Gasteiger partial charge in [-0.3, -0.25) is 0 Å². The van der Waals surface area contributed by atoms with Gasteiger partial charge in [-0.15, -0.1) is 0 Å². The molecule has 4 rings (SSSR count). The van der Waals surface area contributed by atoms with Gasteiger partial charge < -0.3 is 19.3 Å². The molecule has 0 aromatic heterocycles. The SMILES string of the molecule is COc1ccc(C2(O)CN(c3cc(OC)ccc3OC)C3=[N+]2CCCCC3)cc1. The number of β-amino-alcohol motifs (C(OH)–C–C–N with tert-alkyl or cyclic N) is 1. The van der Waals surface area contributed by atoms with Gasteiger partial charge in [-0.05, 0) is 55.7 Å². The van der Waals surface area contributed by atoms with Crippen molar-refractivity contribution in [3.8, 4) is 17.2 Å². The number of nitrogens with zero attached hydrogens (tertiary/aromatic N) is 2. The average Bonchev–Trinajstić information content (AvgIpc) is 2.91. The molecule has 0 fully saturated rings. The molecule has 1 atom stereocenters. The molecule has 0 aliphatic carbocycles. The van der Waals surface area contributed by atoms with E-state index in [1.165, 1.54) is 0 Å². The fraction of sp³-hybridized carbons (Fsp3) is 0.435. The van der Waals surface area contributed by atoms with Gasteiger partial charge in [-0.2, -0.15) is 0 Å². The van der Waals surface area contributed by atoms with Gasteiger partial charge in [0, 0.05) is 18.1 Å². The maximum Gasteiger partial charge on any atom is 0.271 e. The molecule has 0 amide bonds.